The summed E-state index contributed by atoms with van der Waals surface area (Å²) in [6.45, 7) is 5.34. The number of piperidine rings is 1. The molecule has 25 heavy (non-hydrogen) atoms. The SMILES string of the molecule is C[C@@H](Oc1ccc(C#N)cc1)C(=O)OCC(=O)N1[C@@H](C)CCC[C@@H]1C. The van der Waals surface area contributed by atoms with Gasteiger partial charge in [-0.2, -0.15) is 5.26 Å². The van der Waals surface area contributed by atoms with Crippen molar-refractivity contribution in [1.29, 1.82) is 5.26 Å². The third kappa shape index (κ3) is 4.96. The number of carbonyl (C=O) groups is 2. The maximum Gasteiger partial charge on any atom is 0.347 e. The van der Waals surface area contributed by atoms with Crippen LogP contribution < -0.4 is 4.74 Å². The molecule has 1 amide bonds. The van der Waals surface area contributed by atoms with Crippen LogP contribution in [0.2, 0.25) is 0 Å². The van der Waals surface area contributed by atoms with E-state index in [0.717, 1.165) is 19.3 Å². The Bertz CT molecular complexity index is 640. The van der Waals surface area contributed by atoms with Gasteiger partial charge in [0.15, 0.2) is 12.7 Å². The van der Waals surface area contributed by atoms with E-state index in [2.05, 4.69) is 0 Å². The molecule has 1 aliphatic rings. The van der Waals surface area contributed by atoms with E-state index < -0.39 is 12.1 Å². The first kappa shape index (κ1) is 18.8. The van der Waals surface area contributed by atoms with E-state index in [1.165, 1.54) is 0 Å². The summed E-state index contributed by atoms with van der Waals surface area (Å²) in [5, 5.41) is 8.76. The molecule has 6 nitrogen and oxygen atoms in total. The highest BCUT2D eigenvalue weighted by molar-refractivity contribution is 5.82. The summed E-state index contributed by atoms with van der Waals surface area (Å²) >= 11 is 0. The standard InChI is InChI=1S/C19H24N2O4/c1-13-5-4-6-14(2)21(13)18(22)12-24-19(23)15(3)25-17-9-7-16(11-20)8-10-17/h7-10,13-15H,4-6,12H2,1-3H3/t13-,14-,15+/m0/s1. The topological polar surface area (TPSA) is 79.6 Å². The highest BCUT2D eigenvalue weighted by Gasteiger charge is 2.30. The smallest absolute Gasteiger partial charge is 0.347 e. The number of hydrogen-bond acceptors (Lipinski definition) is 5. The second-order valence-corrected chi connectivity index (χ2v) is 6.43. The van der Waals surface area contributed by atoms with Gasteiger partial charge < -0.3 is 14.4 Å². The number of ether oxygens (including phenoxy) is 2. The van der Waals surface area contributed by atoms with Crippen molar-refractivity contribution in [2.75, 3.05) is 6.61 Å². The average molecular weight is 344 g/mol. The summed E-state index contributed by atoms with van der Waals surface area (Å²) in [5.74, 6) is -0.290. The monoisotopic (exact) mass is 344 g/mol. The van der Waals surface area contributed by atoms with Gasteiger partial charge in [0.1, 0.15) is 5.75 Å². The predicted molar refractivity (Wildman–Crippen MR) is 91.8 cm³/mol. The Hall–Kier alpha value is -2.55. The number of nitriles is 1. The molecule has 0 aliphatic carbocycles. The minimum Gasteiger partial charge on any atom is -0.479 e. The quantitative estimate of drug-likeness (QED) is 0.767. The minimum absolute atomic E-state index is 0.168. The molecule has 6 heteroatoms. The largest absolute Gasteiger partial charge is 0.479 e. The summed E-state index contributed by atoms with van der Waals surface area (Å²) in [4.78, 5) is 26.2. The summed E-state index contributed by atoms with van der Waals surface area (Å²) in [6.07, 6.45) is 2.23. The first-order valence-corrected chi connectivity index (χ1v) is 8.57. The zero-order valence-corrected chi connectivity index (χ0v) is 14.9. The number of amides is 1. The fourth-order valence-electron chi connectivity index (χ4n) is 3.10. The number of nitrogens with zero attached hydrogens (tertiary/aromatic N) is 2. The predicted octanol–water partition coefficient (Wildman–Crippen LogP) is 2.66. The van der Waals surface area contributed by atoms with Crippen LogP contribution in [0.3, 0.4) is 0 Å². The van der Waals surface area contributed by atoms with Crippen molar-refractivity contribution in [2.45, 2.75) is 58.2 Å². The maximum atomic E-state index is 12.4. The molecule has 0 saturated carbocycles. The van der Waals surface area contributed by atoms with Gasteiger partial charge in [0.05, 0.1) is 11.6 Å². The lowest BCUT2D eigenvalue weighted by Crippen LogP contribution is -2.49. The van der Waals surface area contributed by atoms with E-state index in [1.54, 1.807) is 31.2 Å². The number of carbonyl (C=O) groups excluding carboxylic acids is 2. The lowest BCUT2D eigenvalue weighted by molar-refractivity contribution is -0.159. The van der Waals surface area contributed by atoms with Crippen molar-refractivity contribution in [3.63, 3.8) is 0 Å². The van der Waals surface area contributed by atoms with Crippen molar-refractivity contribution >= 4 is 11.9 Å². The molecule has 1 aromatic rings. The molecule has 0 N–H and O–H groups in total. The number of benzene rings is 1. The van der Waals surface area contributed by atoms with E-state index >= 15 is 0 Å². The first-order chi connectivity index (χ1) is 11.9. The van der Waals surface area contributed by atoms with Gasteiger partial charge in [0.2, 0.25) is 0 Å². The second-order valence-electron chi connectivity index (χ2n) is 6.43. The summed E-state index contributed by atoms with van der Waals surface area (Å²) in [6, 6.07) is 8.80. The Kier molecular flexibility index (Phi) is 6.40. The molecule has 1 aromatic carbocycles. The normalized spacial score (nSPS) is 21.1. The van der Waals surface area contributed by atoms with E-state index in [1.807, 2.05) is 24.8 Å². The third-order valence-corrected chi connectivity index (χ3v) is 4.45. The number of likely N-dealkylation sites (tertiary alicyclic amines) is 1. The van der Waals surface area contributed by atoms with Crippen LogP contribution in [0.5, 0.6) is 5.75 Å². The van der Waals surface area contributed by atoms with Gasteiger partial charge in [-0.25, -0.2) is 4.79 Å². The highest BCUT2D eigenvalue weighted by Crippen LogP contribution is 2.22. The molecule has 0 unspecified atom stereocenters. The van der Waals surface area contributed by atoms with Gasteiger partial charge in [0, 0.05) is 12.1 Å². The summed E-state index contributed by atoms with van der Waals surface area (Å²) < 4.78 is 10.6. The van der Waals surface area contributed by atoms with Crippen LogP contribution in [0.1, 0.15) is 45.6 Å². The first-order valence-electron chi connectivity index (χ1n) is 8.57. The number of hydrogen-bond donors (Lipinski definition) is 0. The molecule has 1 aliphatic heterocycles. The van der Waals surface area contributed by atoms with E-state index in [-0.39, 0.29) is 24.6 Å². The zero-order valence-electron chi connectivity index (χ0n) is 14.9. The van der Waals surface area contributed by atoms with Crippen molar-refractivity contribution in [3.8, 4) is 11.8 Å². The lowest BCUT2D eigenvalue weighted by atomic mass is 9.97. The highest BCUT2D eigenvalue weighted by atomic mass is 16.6. The molecular weight excluding hydrogens is 320 g/mol. The number of rotatable bonds is 5. The Morgan fingerprint density at radius 2 is 1.84 bits per heavy atom. The Labute approximate surface area is 148 Å². The van der Waals surface area contributed by atoms with Crippen LogP contribution in [-0.4, -0.2) is 41.6 Å². The summed E-state index contributed by atoms with van der Waals surface area (Å²) in [5.41, 5.74) is 0.512. The van der Waals surface area contributed by atoms with Crippen LogP contribution in [0.15, 0.2) is 24.3 Å². The van der Waals surface area contributed by atoms with Gasteiger partial charge in [-0.1, -0.05) is 0 Å². The molecule has 1 saturated heterocycles. The minimum atomic E-state index is -0.836. The Morgan fingerprint density at radius 3 is 2.40 bits per heavy atom. The van der Waals surface area contributed by atoms with Crippen molar-refractivity contribution in [2.24, 2.45) is 0 Å². The molecular formula is C19H24N2O4. The van der Waals surface area contributed by atoms with Gasteiger partial charge >= 0.3 is 5.97 Å². The zero-order chi connectivity index (χ0) is 18.4. The van der Waals surface area contributed by atoms with Gasteiger partial charge in [-0.05, 0) is 64.3 Å². The van der Waals surface area contributed by atoms with Gasteiger partial charge in [-0.3, -0.25) is 4.79 Å². The maximum absolute atomic E-state index is 12.4. The van der Waals surface area contributed by atoms with E-state index in [4.69, 9.17) is 14.7 Å². The molecule has 0 spiro atoms. The molecule has 1 heterocycles. The van der Waals surface area contributed by atoms with Crippen LogP contribution in [-0.2, 0) is 14.3 Å². The van der Waals surface area contributed by atoms with Crippen molar-refractivity contribution < 1.29 is 19.1 Å². The molecule has 0 bridgehead atoms. The van der Waals surface area contributed by atoms with Gasteiger partial charge in [-0.15, -0.1) is 0 Å². The lowest BCUT2D eigenvalue weighted by Gasteiger charge is -2.38. The van der Waals surface area contributed by atoms with Crippen molar-refractivity contribution in [1.82, 2.24) is 4.90 Å². The Morgan fingerprint density at radius 1 is 1.24 bits per heavy atom. The van der Waals surface area contributed by atoms with Gasteiger partial charge in [0.25, 0.3) is 5.91 Å². The Balaban J connectivity index is 1.84. The molecule has 3 atom stereocenters. The van der Waals surface area contributed by atoms with Crippen LogP contribution in [0.25, 0.3) is 0 Å². The fourth-order valence-corrected chi connectivity index (χ4v) is 3.10. The number of esters is 1. The molecule has 134 valence electrons. The van der Waals surface area contributed by atoms with Crippen LogP contribution in [0, 0.1) is 11.3 Å². The molecule has 2 rings (SSSR count). The second kappa shape index (κ2) is 8.52. The van der Waals surface area contributed by atoms with Crippen molar-refractivity contribution in [3.05, 3.63) is 29.8 Å². The third-order valence-electron chi connectivity index (χ3n) is 4.45. The average Bonchev–Trinajstić information content (AvgIpc) is 2.60. The van der Waals surface area contributed by atoms with E-state index in [0.29, 0.717) is 11.3 Å². The van der Waals surface area contributed by atoms with Crippen LogP contribution in [0.4, 0.5) is 0 Å². The van der Waals surface area contributed by atoms with Crippen LogP contribution >= 0.6 is 0 Å². The molecule has 0 radical (unpaired) electrons. The fraction of sp³-hybridized carbons (Fsp3) is 0.526. The molecule has 1 fully saturated rings. The summed E-state index contributed by atoms with van der Waals surface area (Å²) in [7, 11) is 0. The van der Waals surface area contributed by atoms with E-state index in [9.17, 15) is 9.59 Å². The molecule has 0 aromatic heterocycles.